The molecule has 0 aliphatic carbocycles. The van der Waals surface area contributed by atoms with Crippen LogP contribution in [0.1, 0.15) is 37.1 Å². The molecule has 0 bridgehead atoms. The highest BCUT2D eigenvalue weighted by atomic mass is 16.5. The van der Waals surface area contributed by atoms with Crippen molar-refractivity contribution in [1.82, 2.24) is 24.2 Å². The van der Waals surface area contributed by atoms with Gasteiger partial charge in [-0.1, -0.05) is 18.2 Å². The van der Waals surface area contributed by atoms with Crippen molar-refractivity contribution < 1.29 is 9.53 Å². The van der Waals surface area contributed by atoms with Crippen LogP contribution in [0.25, 0.3) is 10.9 Å². The summed E-state index contributed by atoms with van der Waals surface area (Å²) in [6, 6.07) is 8.05. The molecule has 0 saturated carbocycles. The Labute approximate surface area is 175 Å². The number of aromatic amines is 1. The lowest BCUT2D eigenvalue weighted by atomic mass is 9.95. The lowest BCUT2D eigenvalue weighted by Crippen LogP contribution is -2.39. The van der Waals surface area contributed by atoms with Crippen LogP contribution in [0.15, 0.2) is 35.3 Å². The lowest BCUT2D eigenvalue weighted by molar-refractivity contribution is -0.131. The first-order valence-electron chi connectivity index (χ1n) is 10.6. The van der Waals surface area contributed by atoms with E-state index >= 15 is 0 Å². The van der Waals surface area contributed by atoms with Gasteiger partial charge >= 0.3 is 5.69 Å². The second-order valence-corrected chi connectivity index (χ2v) is 7.79. The van der Waals surface area contributed by atoms with Gasteiger partial charge in [-0.05, 0) is 31.4 Å². The van der Waals surface area contributed by atoms with Gasteiger partial charge < -0.3 is 14.6 Å². The Balaban J connectivity index is 1.41. The molecular formula is C22H29N5O3. The number of aromatic nitrogens is 4. The van der Waals surface area contributed by atoms with Crippen molar-refractivity contribution in [3.63, 3.8) is 0 Å². The van der Waals surface area contributed by atoms with Gasteiger partial charge in [0.1, 0.15) is 5.82 Å². The predicted molar refractivity (Wildman–Crippen MR) is 115 cm³/mol. The molecular weight excluding hydrogens is 382 g/mol. The molecule has 0 radical (unpaired) electrons. The van der Waals surface area contributed by atoms with Crippen molar-refractivity contribution >= 4 is 16.8 Å². The van der Waals surface area contributed by atoms with Gasteiger partial charge in [-0.15, -0.1) is 0 Å². The first kappa shape index (κ1) is 20.4. The molecule has 1 aliphatic heterocycles. The molecule has 160 valence electrons. The summed E-state index contributed by atoms with van der Waals surface area (Å²) >= 11 is 0. The summed E-state index contributed by atoms with van der Waals surface area (Å²) in [6.45, 7) is 4.86. The number of piperidine rings is 1. The van der Waals surface area contributed by atoms with Gasteiger partial charge in [-0.2, -0.15) is 5.10 Å². The van der Waals surface area contributed by atoms with Crippen molar-refractivity contribution in [3.05, 3.63) is 52.3 Å². The monoisotopic (exact) mass is 411 g/mol. The average molecular weight is 412 g/mol. The Hall–Kier alpha value is -2.87. The Morgan fingerprint density at radius 2 is 2.03 bits per heavy atom. The summed E-state index contributed by atoms with van der Waals surface area (Å²) in [4.78, 5) is 30.6. The van der Waals surface area contributed by atoms with Gasteiger partial charge in [0.2, 0.25) is 5.91 Å². The molecule has 0 atom stereocenters. The minimum absolute atomic E-state index is 0.0811. The fourth-order valence-corrected chi connectivity index (χ4v) is 4.32. The van der Waals surface area contributed by atoms with E-state index in [0.29, 0.717) is 39.2 Å². The number of hydrogen-bond acceptors (Lipinski definition) is 4. The van der Waals surface area contributed by atoms with Crippen molar-refractivity contribution in [2.75, 3.05) is 26.8 Å². The van der Waals surface area contributed by atoms with Crippen LogP contribution in [0.4, 0.5) is 0 Å². The van der Waals surface area contributed by atoms with Gasteiger partial charge in [-0.3, -0.25) is 9.36 Å². The number of rotatable bonds is 7. The average Bonchev–Trinajstić information content (AvgIpc) is 3.33. The van der Waals surface area contributed by atoms with Crippen LogP contribution in [0.3, 0.4) is 0 Å². The molecule has 8 heteroatoms. The van der Waals surface area contributed by atoms with Gasteiger partial charge in [0, 0.05) is 49.8 Å². The molecule has 3 aromatic rings. The van der Waals surface area contributed by atoms with Crippen molar-refractivity contribution in [2.45, 2.75) is 45.2 Å². The van der Waals surface area contributed by atoms with E-state index in [9.17, 15) is 9.59 Å². The molecule has 1 saturated heterocycles. The number of nitrogens with zero attached hydrogens (tertiary/aromatic N) is 4. The van der Waals surface area contributed by atoms with Crippen molar-refractivity contribution in [3.8, 4) is 0 Å². The number of ether oxygens (including phenoxy) is 1. The third-order valence-electron chi connectivity index (χ3n) is 6.00. The van der Waals surface area contributed by atoms with E-state index in [1.54, 1.807) is 11.7 Å². The van der Waals surface area contributed by atoms with Crippen LogP contribution in [0.5, 0.6) is 0 Å². The summed E-state index contributed by atoms with van der Waals surface area (Å²) in [5.41, 5.74) is 2.01. The highest BCUT2D eigenvalue weighted by molar-refractivity contribution is 5.88. The SMILES string of the molecule is CCn1c(C2CCN(C(=O)Cc3c[nH]c4ccccc34)CC2)nn(CCOC)c1=O. The van der Waals surface area contributed by atoms with E-state index < -0.39 is 0 Å². The van der Waals surface area contributed by atoms with Crippen LogP contribution < -0.4 is 5.69 Å². The van der Waals surface area contributed by atoms with Gasteiger partial charge in [0.25, 0.3) is 0 Å². The molecule has 1 N–H and O–H groups in total. The Bertz CT molecular complexity index is 1070. The van der Waals surface area contributed by atoms with Crippen molar-refractivity contribution in [2.24, 2.45) is 0 Å². The van der Waals surface area contributed by atoms with Crippen LogP contribution >= 0.6 is 0 Å². The number of likely N-dealkylation sites (tertiary alicyclic amines) is 1. The zero-order valence-electron chi connectivity index (χ0n) is 17.6. The third kappa shape index (κ3) is 3.92. The second-order valence-electron chi connectivity index (χ2n) is 7.79. The summed E-state index contributed by atoms with van der Waals surface area (Å²) < 4.78 is 8.33. The smallest absolute Gasteiger partial charge is 0.345 e. The quantitative estimate of drug-likeness (QED) is 0.646. The fourth-order valence-electron chi connectivity index (χ4n) is 4.32. The molecule has 2 aromatic heterocycles. The van der Waals surface area contributed by atoms with Crippen LogP contribution in [-0.4, -0.2) is 56.9 Å². The van der Waals surface area contributed by atoms with E-state index in [4.69, 9.17) is 4.74 Å². The first-order valence-corrected chi connectivity index (χ1v) is 10.6. The summed E-state index contributed by atoms with van der Waals surface area (Å²) in [5.74, 6) is 1.18. The zero-order chi connectivity index (χ0) is 21.1. The van der Waals surface area contributed by atoms with Crippen LogP contribution in [0, 0.1) is 0 Å². The number of carbonyl (C=O) groups excluding carboxylic acids is 1. The van der Waals surface area contributed by atoms with Crippen LogP contribution in [-0.2, 0) is 29.0 Å². The van der Waals surface area contributed by atoms with E-state index in [-0.39, 0.29) is 17.5 Å². The number of methoxy groups -OCH3 is 1. The molecule has 30 heavy (non-hydrogen) atoms. The number of fused-ring (bicyclic) bond motifs is 1. The Kier molecular flexibility index (Phi) is 6.03. The maximum absolute atomic E-state index is 12.9. The molecule has 1 fully saturated rings. The first-order chi connectivity index (χ1) is 14.6. The molecule has 4 rings (SSSR count). The summed E-state index contributed by atoms with van der Waals surface area (Å²) in [6.07, 6.45) is 3.97. The largest absolute Gasteiger partial charge is 0.383 e. The molecule has 3 heterocycles. The van der Waals surface area contributed by atoms with Crippen LogP contribution in [0.2, 0.25) is 0 Å². The maximum Gasteiger partial charge on any atom is 0.345 e. The highest BCUT2D eigenvalue weighted by Gasteiger charge is 2.28. The van der Waals surface area contributed by atoms with Gasteiger partial charge in [0.05, 0.1) is 19.6 Å². The molecule has 1 amide bonds. The predicted octanol–water partition coefficient (Wildman–Crippen LogP) is 2.14. The fraction of sp³-hybridized carbons (Fsp3) is 0.500. The molecule has 0 unspecified atom stereocenters. The summed E-state index contributed by atoms with van der Waals surface area (Å²) in [7, 11) is 1.62. The molecule has 8 nitrogen and oxygen atoms in total. The number of hydrogen-bond donors (Lipinski definition) is 1. The Morgan fingerprint density at radius 1 is 1.27 bits per heavy atom. The van der Waals surface area contributed by atoms with Gasteiger partial charge in [-0.25, -0.2) is 9.48 Å². The Morgan fingerprint density at radius 3 is 2.77 bits per heavy atom. The number of carbonyl (C=O) groups is 1. The normalized spacial score (nSPS) is 15.2. The maximum atomic E-state index is 12.9. The number of H-pyrrole nitrogens is 1. The molecule has 0 spiro atoms. The molecule has 1 aromatic carbocycles. The lowest BCUT2D eigenvalue weighted by Gasteiger charge is -2.31. The number of nitrogens with one attached hydrogen (secondary N) is 1. The third-order valence-corrected chi connectivity index (χ3v) is 6.00. The summed E-state index contributed by atoms with van der Waals surface area (Å²) in [5, 5.41) is 5.69. The van der Waals surface area contributed by atoms with E-state index in [1.165, 1.54) is 4.68 Å². The standard InChI is InChI=1S/C22H29N5O3/c1-3-26-21(24-27(22(26)29)12-13-30-2)16-8-10-25(11-9-16)20(28)14-17-15-23-19-7-5-4-6-18(17)19/h4-7,15-16,23H,3,8-14H2,1-2H3. The van der Waals surface area contributed by atoms with E-state index in [1.807, 2.05) is 42.3 Å². The second kappa shape index (κ2) is 8.87. The topological polar surface area (TPSA) is 85.2 Å². The van der Waals surface area contributed by atoms with E-state index in [2.05, 4.69) is 10.1 Å². The minimum Gasteiger partial charge on any atom is -0.383 e. The minimum atomic E-state index is -0.0811. The molecule has 1 aliphatic rings. The number of para-hydroxylation sites is 1. The zero-order valence-corrected chi connectivity index (χ0v) is 17.6. The highest BCUT2D eigenvalue weighted by Crippen LogP contribution is 2.27. The van der Waals surface area contributed by atoms with Gasteiger partial charge in [0.15, 0.2) is 0 Å². The van der Waals surface area contributed by atoms with Crippen molar-refractivity contribution in [1.29, 1.82) is 0 Å². The number of amides is 1. The van der Waals surface area contributed by atoms with E-state index in [0.717, 1.165) is 35.1 Å². The number of benzene rings is 1.